The molecule has 1 aromatic rings. The molecule has 0 aromatic heterocycles. The highest BCUT2D eigenvalue weighted by atomic mass is 35.5. The molecule has 1 saturated heterocycles. The molecule has 0 radical (unpaired) electrons. The van der Waals surface area contributed by atoms with E-state index in [2.05, 4.69) is 13.8 Å². The number of likely N-dealkylation sites (tertiary alicyclic amines) is 1. The van der Waals surface area contributed by atoms with Gasteiger partial charge in [0.2, 0.25) is 5.91 Å². The Morgan fingerprint density at radius 1 is 1.30 bits per heavy atom. The molecule has 2 atom stereocenters. The predicted octanol–water partition coefficient (Wildman–Crippen LogP) is 4.79. The molecule has 1 fully saturated rings. The average Bonchev–Trinajstić information content (AvgIpc) is 2.54. The van der Waals surface area contributed by atoms with Crippen LogP contribution >= 0.6 is 11.6 Å². The Labute approximate surface area is 144 Å². The van der Waals surface area contributed by atoms with Gasteiger partial charge in [-0.3, -0.25) is 4.79 Å². The molecule has 4 heteroatoms. The first kappa shape index (κ1) is 18.0. The SMILES string of the molecule is CCC(CC)N1C(=O)[C@@](C)(CC=O)CCC1c1ccc(Cl)cc1. The summed E-state index contributed by atoms with van der Waals surface area (Å²) in [5, 5.41) is 0.704. The van der Waals surface area contributed by atoms with Crippen LogP contribution in [0.25, 0.3) is 0 Å². The minimum atomic E-state index is -0.562. The Kier molecular flexibility index (Phi) is 5.85. The minimum Gasteiger partial charge on any atom is -0.332 e. The van der Waals surface area contributed by atoms with Crippen molar-refractivity contribution in [3.63, 3.8) is 0 Å². The van der Waals surface area contributed by atoms with Crippen molar-refractivity contribution in [3.8, 4) is 0 Å². The highest BCUT2D eigenvalue weighted by Gasteiger charge is 2.45. The van der Waals surface area contributed by atoms with Gasteiger partial charge in [-0.25, -0.2) is 0 Å². The van der Waals surface area contributed by atoms with E-state index in [0.29, 0.717) is 11.4 Å². The zero-order valence-electron chi connectivity index (χ0n) is 14.2. The lowest BCUT2D eigenvalue weighted by molar-refractivity contribution is -0.154. The van der Waals surface area contributed by atoms with E-state index >= 15 is 0 Å². The summed E-state index contributed by atoms with van der Waals surface area (Å²) in [4.78, 5) is 26.3. The van der Waals surface area contributed by atoms with Gasteiger partial charge in [0, 0.05) is 17.5 Å². The number of rotatable bonds is 6. The number of hydrogen-bond donors (Lipinski definition) is 0. The Hall–Kier alpha value is -1.35. The molecule has 0 saturated carbocycles. The third kappa shape index (κ3) is 3.60. The summed E-state index contributed by atoms with van der Waals surface area (Å²) in [6.07, 6.45) is 4.65. The molecule has 0 N–H and O–H groups in total. The Morgan fingerprint density at radius 2 is 1.91 bits per heavy atom. The van der Waals surface area contributed by atoms with Crippen molar-refractivity contribution in [1.82, 2.24) is 4.90 Å². The summed E-state index contributed by atoms with van der Waals surface area (Å²) >= 11 is 6.00. The lowest BCUT2D eigenvalue weighted by Crippen LogP contribution is -2.53. The maximum absolute atomic E-state index is 13.2. The molecule has 1 aliphatic heterocycles. The van der Waals surface area contributed by atoms with Gasteiger partial charge in [-0.05, 0) is 43.4 Å². The van der Waals surface area contributed by atoms with Gasteiger partial charge in [-0.1, -0.05) is 44.5 Å². The van der Waals surface area contributed by atoms with Gasteiger partial charge in [-0.15, -0.1) is 0 Å². The van der Waals surface area contributed by atoms with Gasteiger partial charge in [0.05, 0.1) is 11.5 Å². The highest BCUT2D eigenvalue weighted by molar-refractivity contribution is 6.30. The second kappa shape index (κ2) is 7.48. The lowest BCUT2D eigenvalue weighted by atomic mass is 9.74. The number of carbonyl (C=O) groups excluding carboxylic acids is 2. The van der Waals surface area contributed by atoms with Crippen molar-refractivity contribution < 1.29 is 9.59 Å². The Balaban J connectivity index is 2.39. The van der Waals surface area contributed by atoms with E-state index < -0.39 is 5.41 Å². The smallest absolute Gasteiger partial charge is 0.229 e. The molecular weight excluding hydrogens is 310 g/mol. The van der Waals surface area contributed by atoms with Gasteiger partial charge in [0.25, 0.3) is 0 Å². The van der Waals surface area contributed by atoms with Crippen LogP contribution in [0.15, 0.2) is 24.3 Å². The van der Waals surface area contributed by atoms with Crippen LogP contribution in [-0.4, -0.2) is 23.1 Å². The fraction of sp³-hybridized carbons (Fsp3) is 0.579. The molecule has 1 heterocycles. The molecule has 3 nitrogen and oxygen atoms in total. The van der Waals surface area contributed by atoms with E-state index in [1.165, 1.54) is 0 Å². The van der Waals surface area contributed by atoms with Crippen molar-refractivity contribution in [1.29, 1.82) is 0 Å². The maximum Gasteiger partial charge on any atom is 0.229 e. The summed E-state index contributed by atoms with van der Waals surface area (Å²) in [7, 11) is 0. The van der Waals surface area contributed by atoms with Gasteiger partial charge in [-0.2, -0.15) is 0 Å². The minimum absolute atomic E-state index is 0.0735. The van der Waals surface area contributed by atoms with Gasteiger partial charge in [0.1, 0.15) is 6.29 Å². The van der Waals surface area contributed by atoms with Crippen LogP contribution < -0.4 is 0 Å². The van der Waals surface area contributed by atoms with Crippen molar-refractivity contribution in [2.75, 3.05) is 0 Å². The maximum atomic E-state index is 13.2. The number of hydrogen-bond acceptors (Lipinski definition) is 2. The zero-order chi connectivity index (χ0) is 17.0. The molecule has 1 aromatic carbocycles. The number of halogens is 1. The van der Waals surface area contributed by atoms with Crippen molar-refractivity contribution >= 4 is 23.8 Å². The van der Waals surface area contributed by atoms with Crippen LogP contribution in [0.3, 0.4) is 0 Å². The normalized spacial score (nSPS) is 25.0. The van der Waals surface area contributed by atoms with Gasteiger partial charge >= 0.3 is 0 Å². The number of aldehydes is 1. The number of piperidine rings is 1. The molecule has 1 unspecified atom stereocenters. The quantitative estimate of drug-likeness (QED) is 0.701. The van der Waals surface area contributed by atoms with Crippen LogP contribution in [0.2, 0.25) is 5.02 Å². The molecule has 126 valence electrons. The standard InChI is InChI=1S/C19H26ClNO2/c1-4-16(5-2)21-17(14-6-8-15(20)9-7-14)10-11-19(3,12-13-22)18(21)23/h6-9,13,16-17H,4-5,10-12H2,1-3H3/t17?,19-/m1/s1. The largest absolute Gasteiger partial charge is 0.332 e. The average molecular weight is 336 g/mol. The first-order valence-electron chi connectivity index (χ1n) is 8.48. The van der Waals surface area contributed by atoms with E-state index in [4.69, 9.17) is 11.6 Å². The van der Waals surface area contributed by atoms with E-state index in [-0.39, 0.29) is 18.0 Å². The first-order valence-corrected chi connectivity index (χ1v) is 8.86. The molecular formula is C19H26ClNO2. The van der Waals surface area contributed by atoms with Crippen LogP contribution in [0.4, 0.5) is 0 Å². The third-order valence-corrected chi connectivity index (χ3v) is 5.43. The predicted molar refractivity (Wildman–Crippen MR) is 93.4 cm³/mol. The summed E-state index contributed by atoms with van der Waals surface area (Å²) in [5.41, 5.74) is 0.565. The Bertz CT molecular complexity index is 553. The second-order valence-corrected chi connectivity index (χ2v) is 7.16. The fourth-order valence-electron chi connectivity index (χ4n) is 3.64. The summed E-state index contributed by atoms with van der Waals surface area (Å²) in [6, 6.07) is 8.06. The molecule has 0 aliphatic carbocycles. The number of carbonyl (C=O) groups is 2. The van der Waals surface area contributed by atoms with Crippen LogP contribution in [0, 0.1) is 5.41 Å². The van der Waals surface area contributed by atoms with Crippen molar-refractivity contribution in [3.05, 3.63) is 34.9 Å². The van der Waals surface area contributed by atoms with Crippen molar-refractivity contribution in [2.45, 2.75) is 65.0 Å². The van der Waals surface area contributed by atoms with Gasteiger partial charge < -0.3 is 9.69 Å². The monoisotopic (exact) mass is 335 g/mol. The molecule has 2 rings (SSSR count). The van der Waals surface area contributed by atoms with E-state index in [1.807, 2.05) is 36.1 Å². The Morgan fingerprint density at radius 3 is 2.43 bits per heavy atom. The highest BCUT2D eigenvalue weighted by Crippen LogP contribution is 2.44. The van der Waals surface area contributed by atoms with Crippen molar-refractivity contribution in [2.24, 2.45) is 5.41 Å². The lowest BCUT2D eigenvalue weighted by Gasteiger charge is -2.47. The van der Waals surface area contributed by atoms with Crippen LogP contribution in [-0.2, 0) is 9.59 Å². The van der Waals surface area contributed by atoms with E-state index in [0.717, 1.165) is 37.5 Å². The van der Waals surface area contributed by atoms with Gasteiger partial charge in [0.15, 0.2) is 0 Å². The summed E-state index contributed by atoms with van der Waals surface area (Å²) < 4.78 is 0. The second-order valence-electron chi connectivity index (χ2n) is 6.72. The van der Waals surface area contributed by atoms with E-state index in [1.54, 1.807) is 0 Å². The summed E-state index contributed by atoms with van der Waals surface area (Å²) in [6.45, 7) is 6.16. The first-order chi connectivity index (χ1) is 11.0. The molecule has 0 bridgehead atoms. The van der Waals surface area contributed by atoms with E-state index in [9.17, 15) is 9.59 Å². The topological polar surface area (TPSA) is 37.4 Å². The number of nitrogens with zero attached hydrogens (tertiary/aromatic N) is 1. The molecule has 0 spiro atoms. The number of amides is 1. The molecule has 1 amide bonds. The molecule has 1 aliphatic rings. The zero-order valence-corrected chi connectivity index (χ0v) is 15.0. The molecule has 23 heavy (non-hydrogen) atoms. The summed E-state index contributed by atoms with van der Waals surface area (Å²) in [5.74, 6) is 0.115. The number of benzene rings is 1. The van der Waals surface area contributed by atoms with Crippen LogP contribution in [0.1, 0.15) is 64.5 Å². The fourth-order valence-corrected chi connectivity index (χ4v) is 3.77. The third-order valence-electron chi connectivity index (χ3n) is 5.18. The van der Waals surface area contributed by atoms with Crippen LogP contribution in [0.5, 0.6) is 0 Å².